The lowest BCUT2D eigenvalue weighted by atomic mass is 10.2. The Morgan fingerprint density at radius 1 is 1.04 bits per heavy atom. The van der Waals surface area contributed by atoms with Crippen LogP contribution in [-0.4, -0.2) is 59.9 Å². The van der Waals surface area contributed by atoms with Crippen LogP contribution < -0.4 is 10.1 Å². The third-order valence-electron chi connectivity index (χ3n) is 4.39. The molecular weight excluding hydrogens is 332 g/mol. The molecule has 0 bridgehead atoms. The van der Waals surface area contributed by atoms with Crippen molar-refractivity contribution in [1.82, 2.24) is 14.8 Å². The molecule has 0 radical (unpaired) electrons. The topological polar surface area (TPSA) is 74.8 Å². The number of pyridine rings is 1. The third-order valence-corrected chi connectivity index (χ3v) is 4.39. The van der Waals surface area contributed by atoms with Gasteiger partial charge in [-0.05, 0) is 24.3 Å². The standard InChI is InChI=1S/C19H22N4O3/c1-14(24)22-9-11-23(12-10-22)19(25)15-7-8-18(20-13-15)21-16-5-3-4-6-17(16)26-2/h3-8,13H,9-12H2,1-2H3,(H,20,21). The molecular formula is C19H22N4O3. The molecule has 7 heteroatoms. The lowest BCUT2D eigenvalue weighted by molar-refractivity contribution is -0.130. The van der Waals surface area contributed by atoms with Gasteiger partial charge < -0.3 is 19.9 Å². The molecule has 1 aromatic carbocycles. The van der Waals surface area contributed by atoms with Gasteiger partial charge in [0.1, 0.15) is 11.6 Å². The van der Waals surface area contributed by atoms with E-state index in [-0.39, 0.29) is 11.8 Å². The van der Waals surface area contributed by atoms with Gasteiger partial charge in [-0.3, -0.25) is 9.59 Å². The summed E-state index contributed by atoms with van der Waals surface area (Å²) in [5, 5.41) is 3.18. The monoisotopic (exact) mass is 354 g/mol. The maximum Gasteiger partial charge on any atom is 0.255 e. The maximum absolute atomic E-state index is 12.6. The van der Waals surface area contributed by atoms with Crippen LogP contribution in [0.15, 0.2) is 42.6 Å². The molecule has 7 nitrogen and oxygen atoms in total. The van der Waals surface area contributed by atoms with Crippen molar-refractivity contribution in [2.24, 2.45) is 0 Å². The number of hydrogen-bond donors (Lipinski definition) is 1. The van der Waals surface area contributed by atoms with Crippen LogP contribution in [0.4, 0.5) is 11.5 Å². The summed E-state index contributed by atoms with van der Waals surface area (Å²) in [7, 11) is 1.61. The van der Waals surface area contributed by atoms with Crippen molar-refractivity contribution >= 4 is 23.3 Å². The number of hydrogen-bond acceptors (Lipinski definition) is 5. The van der Waals surface area contributed by atoms with Crippen LogP contribution in [-0.2, 0) is 4.79 Å². The summed E-state index contributed by atoms with van der Waals surface area (Å²) >= 11 is 0. The molecule has 26 heavy (non-hydrogen) atoms. The molecule has 1 fully saturated rings. The molecule has 0 atom stereocenters. The van der Waals surface area contributed by atoms with Crippen molar-refractivity contribution in [1.29, 1.82) is 0 Å². The largest absolute Gasteiger partial charge is 0.495 e. The fourth-order valence-electron chi connectivity index (χ4n) is 2.89. The van der Waals surface area contributed by atoms with E-state index < -0.39 is 0 Å². The summed E-state index contributed by atoms with van der Waals surface area (Å²) in [5.41, 5.74) is 1.34. The van der Waals surface area contributed by atoms with Gasteiger partial charge in [-0.1, -0.05) is 12.1 Å². The number of aromatic nitrogens is 1. The van der Waals surface area contributed by atoms with Crippen LogP contribution in [0.25, 0.3) is 0 Å². The van der Waals surface area contributed by atoms with Gasteiger partial charge in [0, 0.05) is 39.3 Å². The first kappa shape index (κ1) is 17.7. The SMILES string of the molecule is COc1ccccc1Nc1ccc(C(=O)N2CCN(C(C)=O)CC2)cn1. The Morgan fingerprint density at radius 2 is 1.73 bits per heavy atom. The summed E-state index contributed by atoms with van der Waals surface area (Å²) in [5.74, 6) is 1.33. The van der Waals surface area contributed by atoms with Crippen molar-refractivity contribution in [2.45, 2.75) is 6.92 Å². The Bertz CT molecular complexity index is 784. The van der Waals surface area contributed by atoms with Gasteiger partial charge in [-0.25, -0.2) is 4.98 Å². The average molecular weight is 354 g/mol. The second kappa shape index (κ2) is 7.86. The zero-order chi connectivity index (χ0) is 18.5. The average Bonchev–Trinajstić information content (AvgIpc) is 2.68. The van der Waals surface area contributed by atoms with Crippen LogP contribution in [0, 0.1) is 0 Å². The van der Waals surface area contributed by atoms with Crippen LogP contribution in [0.3, 0.4) is 0 Å². The van der Waals surface area contributed by atoms with E-state index in [1.807, 2.05) is 24.3 Å². The fraction of sp³-hybridized carbons (Fsp3) is 0.316. The number of carbonyl (C=O) groups excluding carboxylic acids is 2. The van der Waals surface area contributed by atoms with Gasteiger partial charge in [-0.2, -0.15) is 0 Å². The summed E-state index contributed by atoms with van der Waals surface area (Å²) in [4.78, 5) is 31.8. The molecule has 1 N–H and O–H groups in total. The molecule has 0 spiro atoms. The van der Waals surface area contributed by atoms with E-state index >= 15 is 0 Å². The van der Waals surface area contributed by atoms with Crippen molar-refractivity contribution in [2.75, 3.05) is 38.6 Å². The predicted molar refractivity (Wildman–Crippen MR) is 98.7 cm³/mol. The lowest BCUT2D eigenvalue weighted by Crippen LogP contribution is -2.50. The third kappa shape index (κ3) is 3.93. The number of benzene rings is 1. The zero-order valence-electron chi connectivity index (χ0n) is 14.9. The maximum atomic E-state index is 12.6. The number of anilines is 2. The highest BCUT2D eigenvalue weighted by atomic mass is 16.5. The number of ether oxygens (including phenoxy) is 1. The summed E-state index contributed by atoms with van der Waals surface area (Å²) < 4.78 is 5.31. The van der Waals surface area contributed by atoms with Crippen LogP contribution >= 0.6 is 0 Å². The van der Waals surface area contributed by atoms with Gasteiger partial charge in [-0.15, -0.1) is 0 Å². The zero-order valence-corrected chi connectivity index (χ0v) is 14.9. The fourth-order valence-corrected chi connectivity index (χ4v) is 2.89. The molecule has 0 saturated carbocycles. The quantitative estimate of drug-likeness (QED) is 0.910. The number of carbonyl (C=O) groups is 2. The molecule has 1 aromatic heterocycles. The molecule has 1 aliphatic heterocycles. The Kier molecular flexibility index (Phi) is 5.36. The van der Waals surface area contributed by atoms with Crippen molar-refractivity contribution in [3.05, 3.63) is 48.2 Å². The lowest BCUT2D eigenvalue weighted by Gasteiger charge is -2.34. The molecule has 2 amide bonds. The highest BCUT2D eigenvalue weighted by Crippen LogP contribution is 2.26. The van der Waals surface area contributed by atoms with E-state index in [9.17, 15) is 9.59 Å². The Morgan fingerprint density at radius 3 is 2.35 bits per heavy atom. The van der Waals surface area contributed by atoms with E-state index in [1.54, 1.807) is 42.2 Å². The normalized spacial score (nSPS) is 14.1. The predicted octanol–water partition coefficient (Wildman–Crippen LogP) is 2.14. The minimum Gasteiger partial charge on any atom is -0.495 e. The molecule has 1 aliphatic rings. The van der Waals surface area contributed by atoms with Crippen LogP contribution in [0.5, 0.6) is 5.75 Å². The van der Waals surface area contributed by atoms with Gasteiger partial charge >= 0.3 is 0 Å². The van der Waals surface area contributed by atoms with Crippen LogP contribution in [0.2, 0.25) is 0 Å². The first-order valence-corrected chi connectivity index (χ1v) is 8.49. The van der Waals surface area contributed by atoms with E-state index in [4.69, 9.17) is 4.74 Å². The number of methoxy groups -OCH3 is 1. The Labute approximate surface area is 152 Å². The van der Waals surface area contributed by atoms with Crippen LogP contribution in [0.1, 0.15) is 17.3 Å². The van der Waals surface area contributed by atoms with E-state index in [2.05, 4.69) is 10.3 Å². The van der Waals surface area contributed by atoms with Crippen molar-refractivity contribution < 1.29 is 14.3 Å². The molecule has 2 heterocycles. The summed E-state index contributed by atoms with van der Waals surface area (Å²) in [6.07, 6.45) is 1.57. The Hall–Kier alpha value is -3.09. The number of nitrogens with one attached hydrogen (secondary N) is 1. The summed E-state index contributed by atoms with van der Waals surface area (Å²) in [6.45, 7) is 3.78. The highest BCUT2D eigenvalue weighted by Gasteiger charge is 2.23. The number of rotatable bonds is 4. The Balaban J connectivity index is 1.64. The molecule has 3 rings (SSSR count). The van der Waals surface area contributed by atoms with Crippen molar-refractivity contribution in [3.63, 3.8) is 0 Å². The number of para-hydroxylation sites is 2. The van der Waals surface area contributed by atoms with E-state index in [0.29, 0.717) is 37.6 Å². The summed E-state index contributed by atoms with van der Waals surface area (Å²) in [6, 6.07) is 11.1. The van der Waals surface area contributed by atoms with Gasteiger partial charge in [0.05, 0.1) is 18.4 Å². The first-order chi connectivity index (χ1) is 12.6. The minimum atomic E-state index is -0.0652. The molecule has 0 unspecified atom stereocenters. The second-order valence-electron chi connectivity index (χ2n) is 6.06. The molecule has 0 aliphatic carbocycles. The molecule has 2 aromatic rings. The van der Waals surface area contributed by atoms with E-state index in [1.165, 1.54) is 0 Å². The highest BCUT2D eigenvalue weighted by molar-refractivity contribution is 5.94. The van der Waals surface area contributed by atoms with Gasteiger partial charge in [0.2, 0.25) is 5.91 Å². The smallest absolute Gasteiger partial charge is 0.255 e. The first-order valence-electron chi connectivity index (χ1n) is 8.49. The number of nitrogens with zero attached hydrogens (tertiary/aromatic N) is 3. The second-order valence-corrected chi connectivity index (χ2v) is 6.06. The number of amides is 2. The molecule has 136 valence electrons. The number of piperazine rings is 1. The van der Waals surface area contributed by atoms with E-state index in [0.717, 1.165) is 11.4 Å². The molecule has 1 saturated heterocycles. The minimum absolute atomic E-state index is 0.0468. The van der Waals surface area contributed by atoms with Crippen molar-refractivity contribution in [3.8, 4) is 5.75 Å². The van der Waals surface area contributed by atoms with Gasteiger partial charge in [0.15, 0.2) is 0 Å². The van der Waals surface area contributed by atoms with Gasteiger partial charge in [0.25, 0.3) is 5.91 Å².